The highest BCUT2D eigenvalue weighted by Gasteiger charge is 2.22. The van der Waals surface area contributed by atoms with E-state index in [0.29, 0.717) is 47.3 Å². The first-order valence-corrected chi connectivity index (χ1v) is 12.1. The van der Waals surface area contributed by atoms with Crippen LogP contribution >= 0.6 is 7.60 Å². The highest BCUT2D eigenvalue weighted by atomic mass is 31.2. The van der Waals surface area contributed by atoms with E-state index in [4.69, 9.17) is 9.47 Å². The Hall–Kier alpha value is -3.66. The summed E-state index contributed by atoms with van der Waals surface area (Å²) in [5.41, 5.74) is 3.22. The fourth-order valence-corrected chi connectivity index (χ4v) is 4.42. The van der Waals surface area contributed by atoms with Gasteiger partial charge in [0.1, 0.15) is 5.69 Å². The minimum absolute atomic E-state index is 0.0631. The summed E-state index contributed by atoms with van der Waals surface area (Å²) < 4.78 is 25.9. The van der Waals surface area contributed by atoms with Crippen molar-refractivity contribution >= 4 is 35.8 Å². The SMILES string of the molecule is CCn1nc(C)cc1C(=O)Nc1nc2cc3c(cc2n1Cc1ccc(P(=O)(O)O)cc1)OCO3. The van der Waals surface area contributed by atoms with E-state index in [1.807, 2.05) is 13.8 Å². The van der Waals surface area contributed by atoms with Gasteiger partial charge in [-0.25, -0.2) is 4.98 Å². The molecule has 176 valence electrons. The van der Waals surface area contributed by atoms with Gasteiger partial charge >= 0.3 is 7.60 Å². The molecule has 0 spiro atoms. The zero-order valence-electron chi connectivity index (χ0n) is 18.4. The molecule has 11 nitrogen and oxygen atoms in total. The molecule has 34 heavy (non-hydrogen) atoms. The number of aryl methyl sites for hydroxylation is 2. The molecule has 0 bridgehead atoms. The summed E-state index contributed by atoms with van der Waals surface area (Å²) in [5, 5.41) is 7.14. The van der Waals surface area contributed by atoms with Crippen LogP contribution in [0.3, 0.4) is 0 Å². The first-order valence-electron chi connectivity index (χ1n) is 10.5. The van der Waals surface area contributed by atoms with Crippen molar-refractivity contribution in [2.45, 2.75) is 26.9 Å². The number of amides is 1. The van der Waals surface area contributed by atoms with Crippen LogP contribution in [0.25, 0.3) is 11.0 Å². The number of nitrogens with zero attached hydrogens (tertiary/aromatic N) is 4. The normalized spacial score (nSPS) is 12.9. The summed E-state index contributed by atoms with van der Waals surface area (Å²) in [4.78, 5) is 36.5. The Labute approximate surface area is 194 Å². The van der Waals surface area contributed by atoms with Gasteiger partial charge in [0, 0.05) is 18.7 Å². The standard InChI is InChI=1S/C22H22N5O6P/c1-3-27-18(8-13(2)25-27)21(28)24-22-23-16-9-19-20(33-12-32-19)10-17(16)26(22)11-14-4-6-15(7-5-14)34(29,30)31/h4-10H,3,11-12H2,1-2H3,(H,23,24,28)(H2,29,30,31). The van der Waals surface area contributed by atoms with Crippen LogP contribution in [0.15, 0.2) is 42.5 Å². The third-order valence-corrected chi connectivity index (χ3v) is 6.49. The summed E-state index contributed by atoms with van der Waals surface area (Å²) in [5.74, 6) is 1.10. The Bertz CT molecular complexity index is 1450. The van der Waals surface area contributed by atoms with E-state index in [2.05, 4.69) is 15.4 Å². The number of nitrogens with one attached hydrogen (secondary N) is 1. The second kappa shape index (κ2) is 8.28. The van der Waals surface area contributed by atoms with Crippen LogP contribution < -0.4 is 20.1 Å². The molecule has 3 heterocycles. The minimum Gasteiger partial charge on any atom is -0.454 e. The van der Waals surface area contributed by atoms with Crippen molar-refractivity contribution < 1.29 is 28.6 Å². The van der Waals surface area contributed by atoms with Gasteiger partial charge in [0.2, 0.25) is 12.7 Å². The lowest BCUT2D eigenvalue weighted by Crippen LogP contribution is -2.20. The summed E-state index contributed by atoms with van der Waals surface area (Å²) in [7, 11) is -4.34. The van der Waals surface area contributed by atoms with Gasteiger partial charge in [-0.15, -0.1) is 0 Å². The number of rotatable bonds is 6. The molecule has 4 aromatic rings. The van der Waals surface area contributed by atoms with E-state index in [-0.39, 0.29) is 18.0 Å². The lowest BCUT2D eigenvalue weighted by molar-refractivity contribution is 0.101. The fourth-order valence-electron chi connectivity index (χ4n) is 3.88. The van der Waals surface area contributed by atoms with Crippen molar-refractivity contribution in [3.05, 3.63) is 59.4 Å². The Morgan fingerprint density at radius 3 is 2.53 bits per heavy atom. The number of carbonyl (C=O) groups is 1. The number of benzene rings is 2. The molecule has 12 heteroatoms. The van der Waals surface area contributed by atoms with Crippen LogP contribution in [0.4, 0.5) is 5.95 Å². The van der Waals surface area contributed by atoms with Crippen LogP contribution in [0.2, 0.25) is 0 Å². The van der Waals surface area contributed by atoms with E-state index in [1.165, 1.54) is 12.1 Å². The third kappa shape index (κ3) is 4.05. The molecule has 0 saturated carbocycles. The fraction of sp³-hybridized carbons (Fsp3) is 0.227. The Morgan fingerprint density at radius 1 is 1.15 bits per heavy atom. The molecule has 0 aliphatic carbocycles. The number of anilines is 1. The van der Waals surface area contributed by atoms with Crippen molar-refractivity contribution in [3.63, 3.8) is 0 Å². The molecule has 0 radical (unpaired) electrons. The van der Waals surface area contributed by atoms with Crippen molar-refractivity contribution in [2.75, 3.05) is 12.1 Å². The predicted molar refractivity (Wildman–Crippen MR) is 124 cm³/mol. The zero-order chi connectivity index (χ0) is 24.0. The first kappa shape index (κ1) is 22.1. The van der Waals surface area contributed by atoms with E-state index in [1.54, 1.807) is 39.6 Å². The zero-order valence-corrected chi connectivity index (χ0v) is 19.3. The molecule has 1 aliphatic heterocycles. The summed E-state index contributed by atoms with van der Waals surface area (Å²) in [6, 6.07) is 11.3. The monoisotopic (exact) mass is 483 g/mol. The van der Waals surface area contributed by atoms with E-state index in [9.17, 15) is 19.1 Å². The smallest absolute Gasteiger partial charge is 0.356 e. The first-order chi connectivity index (χ1) is 16.2. The molecule has 2 aromatic heterocycles. The Balaban J connectivity index is 1.55. The maximum atomic E-state index is 13.1. The highest BCUT2D eigenvalue weighted by Crippen LogP contribution is 2.37. The molecule has 0 atom stereocenters. The van der Waals surface area contributed by atoms with E-state index < -0.39 is 7.60 Å². The molecule has 0 saturated heterocycles. The van der Waals surface area contributed by atoms with Crippen molar-refractivity contribution in [1.82, 2.24) is 19.3 Å². The number of imidazole rings is 1. The van der Waals surface area contributed by atoms with Crippen molar-refractivity contribution in [2.24, 2.45) is 0 Å². The Kier molecular flexibility index (Phi) is 5.40. The van der Waals surface area contributed by atoms with Gasteiger partial charge < -0.3 is 23.8 Å². The van der Waals surface area contributed by atoms with Gasteiger partial charge in [-0.3, -0.25) is 19.4 Å². The molecule has 2 aromatic carbocycles. The summed E-state index contributed by atoms with van der Waals surface area (Å²) in [6.07, 6.45) is 0. The quantitative estimate of drug-likeness (QED) is 0.355. The molecule has 1 amide bonds. The van der Waals surface area contributed by atoms with Crippen molar-refractivity contribution in [1.29, 1.82) is 0 Å². The maximum Gasteiger partial charge on any atom is 0.356 e. The van der Waals surface area contributed by atoms with Crippen molar-refractivity contribution in [3.8, 4) is 11.5 Å². The molecule has 0 fully saturated rings. The van der Waals surface area contributed by atoms with Crippen LogP contribution in [-0.2, 0) is 17.7 Å². The number of carbonyl (C=O) groups excluding carboxylic acids is 1. The summed E-state index contributed by atoms with van der Waals surface area (Å²) >= 11 is 0. The average molecular weight is 483 g/mol. The number of hydrogen-bond acceptors (Lipinski definition) is 6. The molecular formula is C22H22N5O6P. The molecular weight excluding hydrogens is 461 g/mol. The second-order valence-electron chi connectivity index (χ2n) is 7.87. The average Bonchev–Trinajstić information content (AvgIpc) is 3.49. The molecule has 5 rings (SSSR count). The third-order valence-electron chi connectivity index (χ3n) is 5.52. The lowest BCUT2D eigenvalue weighted by Gasteiger charge is -2.12. The summed E-state index contributed by atoms with van der Waals surface area (Å²) in [6.45, 7) is 4.68. The van der Waals surface area contributed by atoms with Gasteiger partial charge in [0.15, 0.2) is 11.5 Å². The minimum atomic E-state index is -4.34. The number of hydrogen-bond donors (Lipinski definition) is 3. The maximum absolute atomic E-state index is 13.1. The predicted octanol–water partition coefficient (Wildman–Crippen LogP) is 2.39. The van der Waals surface area contributed by atoms with Gasteiger partial charge in [-0.1, -0.05) is 12.1 Å². The van der Waals surface area contributed by atoms with Gasteiger partial charge in [0.25, 0.3) is 5.91 Å². The molecule has 0 unspecified atom stereocenters. The molecule has 3 N–H and O–H groups in total. The van der Waals surface area contributed by atoms with Crippen LogP contribution in [-0.4, -0.2) is 41.8 Å². The van der Waals surface area contributed by atoms with Gasteiger partial charge in [-0.2, -0.15) is 5.10 Å². The van der Waals surface area contributed by atoms with E-state index in [0.717, 1.165) is 11.3 Å². The lowest BCUT2D eigenvalue weighted by atomic mass is 10.2. The van der Waals surface area contributed by atoms with Crippen LogP contribution in [0.5, 0.6) is 11.5 Å². The number of aromatic nitrogens is 4. The number of ether oxygens (including phenoxy) is 2. The largest absolute Gasteiger partial charge is 0.454 e. The second-order valence-corrected chi connectivity index (χ2v) is 9.47. The highest BCUT2D eigenvalue weighted by molar-refractivity contribution is 7.60. The van der Waals surface area contributed by atoms with Crippen LogP contribution in [0.1, 0.15) is 28.7 Å². The van der Waals surface area contributed by atoms with Gasteiger partial charge in [-0.05, 0) is 37.6 Å². The van der Waals surface area contributed by atoms with Gasteiger partial charge in [0.05, 0.1) is 28.6 Å². The Morgan fingerprint density at radius 2 is 1.85 bits per heavy atom. The van der Waals surface area contributed by atoms with E-state index >= 15 is 0 Å². The van der Waals surface area contributed by atoms with Crippen LogP contribution in [0, 0.1) is 6.92 Å². The topological polar surface area (TPSA) is 141 Å². The number of fused-ring (bicyclic) bond motifs is 2. The molecule has 1 aliphatic rings.